The van der Waals surface area contributed by atoms with Crippen LogP contribution < -0.4 is 9.21 Å². The number of rotatable bonds is 4. The number of benzene rings is 1. The summed E-state index contributed by atoms with van der Waals surface area (Å²) in [7, 11) is -2.01. The molecule has 1 amide bonds. The molecule has 0 unspecified atom stereocenters. The van der Waals surface area contributed by atoms with Gasteiger partial charge in [0, 0.05) is 25.0 Å². The van der Waals surface area contributed by atoms with Gasteiger partial charge in [0.15, 0.2) is 0 Å². The van der Waals surface area contributed by atoms with E-state index in [0.717, 1.165) is 24.1 Å². The molecule has 124 valence electrons. The fourth-order valence-electron chi connectivity index (χ4n) is 3.02. The molecule has 1 saturated carbocycles. The van der Waals surface area contributed by atoms with Crippen molar-refractivity contribution in [3.63, 3.8) is 0 Å². The van der Waals surface area contributed by atoms with E-state index in [2.05, 4.69) is 4.98 Å². The predicted molar refractivity (Wildman–Crippen MR) is 90.5 cm³/mol. The van der Waals surface area contributed by atoms with Crippen molar-refractivity contribution in [3.05, 3.63) is 48.2 Å². The summed E-state index contributed by atoms with van der Waals surface area (Å²) < 4.78 is 27.7. The van der Waals surface area contributed by atoms with E-state index in [4.69, 9.17) is 0 Å². The molecule has 1 fully saturated rings. The van der Waals surface area contributed by atoms with Gasteiger partial charge in [-0.15, -0.1) is 0 Å². The van der Waals surface area contributed by atoms with Crippen LogP contribution in [0.2, 0.25) is 0 Å². The van der Waals surface area contributed by atoms with Crippen LogP contribution in [-0.4, -0.2) is 32.4 Å². The Morgan fingerprint density at radius 1 is 1.21 bits per heavy atom. The van der Waals surface area contributed by atoms with Crippen LogP contribution in [0.4, 0.5) is 11.5 Å². The highest BCUT2D eigenvalue weighted by molar-refractivity contribution is 7.92. The van der Waals surface area contributed by atoms with Crippen molar-refractivity contribution in [2.75, 3.05) is 16.3 Å². The van der Waals surface area contributed by atoms with E-state index in [1.807, 2.05) is 0 Å². The van der Waals surface area contributed by atoms with Crippen LogP contribution >= 0.6 is 0 Å². The van der Waals surface area contributed by atoms with E-state index in [1.54, 1.807) is 54.5 Å². The maximum Gasteiger partial charge on any atom is 0.265 e. The normalized spacial score (nSPS) is 17.0. The molecule has 2 aliphatic rings. The Labute approximate surface area is 140 Å². The Morgan fingerprint density at radius 2 is 2.00 bits per heavy atom. The zero-order valence-corrected chi connectivity index (χ0v) is 14.0. The average Bonchev–Trinajstić information content (AvgIpc) is 3.35. The summed E-state index contributed by atoms with van der Waals surface area (Å²) in [4.78, 5) is 17.8. The molecule has 0 radical (unpaired) electrons. The molecule has 0 saturated heterocycles. The number of hydrogen-bond acceptors (Lipinski definition) is 4. The van der Waals surface area contributed by atoms with Gasteiger partial charge >= 0.3 is 0 Å². The topological polar surface area (TPSA) is 70.6 Å². The lowest BCUT2D eigenvalue weighted by molar-refractivity contribution is -0.117. The number of aromatic nitrogens is 1. The van der Waals surface area contributed by atoms with Gasteiger partial charge in [0.25, 0.3) is 10.0 Å². The molecule has 1 aromatic heterocycles. The first kappa shape index (κ1) is 15.1. The molecule has 1 aromatic carbocycles. The molecule has 6 nitrogen and oxygen atoms in total. The van der Waals surface area contributed by atoms with Gasteiger partial charge in [0.05, 0.1) is 11.3 Å². The van der Waals surface area contributed by atoms with Crippen LogP contribution in [0.15, 0.2) is 47.5 Å². The SMILES string of the molecule is CN1C(=O)Cc2cc(S(=O)(=O)N(c3ccccn3)C3CC3)ccc21. The first-order valence-electron chi connectivity index (χ1n) is 7.83. The van der Waals surface area contributed by atoms with Crippen LogP contribution in [0.1, 0.15) is 18.4 Å². The van der Waals surface area contributed by atoms with Crippen LogP contribution in [0.5, 0.6) is 0 Å². The van der Waals surface area contributed by atoms with Crippen molar-refractivity contribution in [2.24, 2.45) is 0 Å². The van der Waals surface area contributed by atoms with Crippen LogP contribution in [0.25, 0.3) is 0 Å². The number of carbonyl (C=O) groups is 1. The molecular formula is C17H17N3O3S. The molecule has 7 heteroatoms. The minimum atomic E-state index is -3.71. The fourth-order valence-corrected chi connectivity index (χ4v) is 4.74. The standard InChI is InChI=1S/C17H17N3O3S/c1-19-15-8-7-14(10-12(15)11-17(19)21)24(22,23)20(13-5-6-13)16-4-2-3-9-18-16/h2-4,7-10,13H,5-6,11H2,1H3. The summed E-state index contributed by atoms with van der Waals surface area (Å²) in [5, 5.41) is 0. The van der Waals surface area contributed by atoms with E-state index >= 15 is 0 Å². The number of pyridine rings is 1. The maximum atomic E-state index is 13.2. The molecule has 0 N–H and O–H groups in total. The third kappa shape index (κ3) is 2.36. The van der Waals surface area contributed by atoms with Crippen molar-refractivity contribution >= 4 is 27.4 Å². The lowest BCUT2D eigenvalue weighted by Gasteiger charge is -2.23. The van der Waals surface area contributed by atoms with E-state index in [1.165, 1.54) is 4.31 Å². The first-order chi connectivity index (χ1) is 11.5. The average molecular weight is 343 g/mol. The number of hydrogen-bond donors (Lipinski definition) is 0. The molecule has 24 heavy (non-hydrogen) atoms. The fraction of sp³-hybridized carbons (Fsp3) is 0.294. The number of carbonyl (C=O) groups excluding carboxylic acids is 1. The third-order valence-electron chi connectivity index (χ3n) is 4.44. The summed E-state index contributed by atoms with van der Waals surface area (Å²) in [5.41, 5.74) is 1.52. The van der Waals surface area contributed by atoms with Crippen LogP contribution in [-0.2, 0) is 21.2 Å². The Morgan fingerprint density at radius 3 is 2.67 bits per heavy atom. The van der Waals surface area contributed by atoms with E-state index in [0.29, 0.717) is 5.82 Å². The van der Waals surface area contributed by atoms with Gasteiger partial charge < -0.3 is 4.90 Å². The Balaban J connectivity index is 1.77. The zero-order chi connectivity index (χ0) is 16.9. The summed E-state index contributed by atoms with van der Waals surface area (Å²) in [6, 6.07) is 10.1. The van der Waals surface area contributed by atoms with Gasteiger partial charge in [0.1, 0.15) is 5.82 Å². The number of anilines is 2. The minimum Gasteiger partial charge on any atom is -0.315 e. The molecule has 0 spiro atoms. The summed E-state index contributed by atoms with van der Waals surface area (Å²) in [5.74, 6) is 0.414. The summed E-state index contributed by atoms with van der Waals surface area (Å²) >= 11 is 0. The molecule has 1 aliphatic carbocycles. The second kappa shape index (κ2) is 5.31. The largest absolute Gasteiger partial charge is 0.315 e. The molecular weight excluding hydrogens is 326 g/mol. The lowest BCUT2D eigenvalue weighted by atomic mass is 10.2. The van der Waals surface area contributed by atoms with Gasteiger partial charge in [-0.25, -0.2) is 17.7 Å². The van der Waals surface area contributed by atoms with Crippen molar-refractivity contribution in [1.29, 1.82) is 0 Å². The number of sulfonamides is 1. The smallest absolute Gasteiger partial charge is 0.265 e. The highest BCUT2D eigenvalue weighted by Crippen LogP contribution is 2.37. The highest BCUT2D eigenvalue weighted by Gasteiger charge is 2.39. The van der Waals surface area contributed by atoms with E-state index in [-0.39, 0.29) is 23.3 Å². The second-order valence-electron chi connectivity index (χ2n) is 6.14. The zero-order valence-electron chi connectivity index (χ0n) is 13.2. The minimum absolute atomic E-state index is 0.0247. The van der Waals surface area contributed by atoms with E-state index in [9.17, 15) is 13.2 Å². The van der Waals surface area contributed by atoms with Crippen molar-refractivity contribution in [2.45, 2.75) is 30.2 Å². The van der Waals surface area contributed by atoms with Gasteiger partial charge in [-0.1, -0.05) is 6.07 Å². The number of likely N-dealkylation sites (N-methyl/N-ethyl adjacent to an activating group) is 1. The quantitative estimate of drug-likeness (QED) is 0.851. The number of amides is 1. The highest BCUT2D eigenvalue weighted by atomic mass is 32.2. The predicted octanol–water partition coefficient (Wildman–Crippen LogP) is 1.96. The van der Waals surface area contributed by atoms with Crippen LogP contribution in [0, 0.1) is 0 Å². The second-order valence-corrected chi connectivity index (χ2v) is 7.95. The van der Waals surface area contributed by atoms with Crippen molar-refractivity contribution in [3.8, 4) is 0 Å². The molecule has 0 bridgehead atoms. The molecule has 2 aromatic rings. The summed E-state index contributed by atoms with van der Waals surface area (Å²) in [6.45, 7) is 0. The monoisotopic (exact) mass is 343 g/mol. The first-order valence-corrected chi connectivity index (χ1v) is 9.27. The summed E-state index contributed by atoms with van der Waals surface area (Å²) in [6.07, 6.45) is 3.50. The van der Waals surface area contributed by atoms with Crippen molar-refractivity contribution < 1.29 is 13.2 Å². The Kier molecular flexibility index (Phi) is 3.35. The molecule has 4 rings (SSSR count). The van der Waals surface area contributed by atoms with Gasteiger partial charge in [-0.2, -0.15) is 0 Å². The Bertz CT molecular complexity index is 908. The Hall–Kier alpha value is -2.41. The number of fused-ring (bicyclic) bond motifs is 1. The van der Waals surface area contributed by atoms with Gasteiger partial charge in [-0.3, -0.25) is 4.79 Å². The van der Waals surface area contributed by atoms with Crippen LogP contribution in [0.3, 0.4) is 0 Å². The van der Waals surface area contributed by atoms with Crippen molar-refractivity contribution in [1.82, 2.24) is 4.98 Å². The number of nitrogens with zero attached hydrogens (tertiary/aromatic N) is 3. The molecule has 0 atom stereocenters. The van der Waals surface area contributed by atoms with Gasteiger partial charge in [-0.05, 0) is 48.7 Å². The third-order valence-corrected chi connectivity index (χ3v) is 6.29. The molecule has 1 aliphatic heterocycles. The molecule has 2 heterocycles. The van der Waals surface area contributed by atoms with Gasteiger partial charge in [0.2, 0.25) is 5.91 Å². The van der Waals surface area contributed by atoms with E-state index < -0.39 is 10.0 Å². The maximum absolute atomic E-state index is 13.2. The lowest BCUT2D eigenvalue weighted by Crippen LogP contribution is -2.33.